The van der Waals surface area contributed by atoms with E-state index in [-0.39, 0.29) is 11.9 Å². The molecule has 6 nitrogen and oxygen atoms in total. The van der Waals surface area contributed by atoms with Crippen LogP contribution in [0, 0.1) is 6.92 Å². The molecule has 168 valence electrons. The molecule has 0 N–H and O–H groups in total. The zero-order chi connectivity index (χ0) is 22.5. The number of carbonyl (C=O) groups excluding carboxylic acids is 1. The molecule has 3 aromatic rings. The summed E-state index contributed by atoms with van der Waals surface area (Å²) in [4.78, 5) is 28.1. The third-order valence-corrected chi connectivity index (χ3v) is 7.20. The van der Waals surface area contributed by atoms with Crippen molar-refractivity contribution < 1.29 is 4.79 Å². The largest absolute Gasteiger partial charge is 0.317 e. The zero-order valence-electron chi connectivity index (χ0n) is 19.2. The maximum Gasteiger partial charge on any atom is 0.281 e. The number of aryl methyl sites for hydroxylation is 1. The zero-order valence-corrected chi connectivity index (χ0v) is 19.2. The van der Waals surface area contributed by atoms with Gasteiger partial charge in [-0.15, -0.1) is 0 Å². The number of aliphatic imine (C=N–C) groups is 1. The van der Waals surface area contributed by atoms with E-state index in [2.05, 4.69) is 64.9 Å². The van der Waals surface area contributed by atoms with Gasteiger partial charge in [-0.3, -0.25) is 14.6 Å². The summed E-state index contributed by atoms with van der Waals surface area (Å²) in [5, 5.41) is 0. The molecule has 0 bridgehead atoms. The van der Waals surface area contributed by atoms with Gasteiger partial charge in [0, 0.05) is 19.5 Å². The Morgan fingerprint density at radius 2 is 1.79 bits per heavy atom. The lowest BCUT2D eigenvalue weighted by Crippen LogP contribution is -2.53. The van der Waals surface area contributed by atoms with Crippen LogP contribution in [0.4, 0.5) is 5.82 Å². The van der Waals surface area contributed by atoms with Crippen LogP contribution >= 0.6 is 0 Å². The number of anilines is 1. The van der Waals surface area contributed by atoms with Crippen molar-refractivity contribution in [3.05, 3.63) is 82.8 Å². The number of guanidine groups is 1. The number of fused-ring (bicyclic) bond motifs is 5. The predicted octanol–water partition coefficient (Wildman–Crippen LogP) is 4.40. The van der Waals surface area contributed by atoms with Crippen molar-refractivity contribution in [1.29, 1.82) is 0 Å². The first kappa shape index (κ1) is 20.2. The van der Waals surface area contributed by atoms with Crippen LogP contribution in [0.25, 0.3) is 0 Å². The molecular weight excluding hydrogens is 410 g/mol. The van der Waals surface area contributed by atoms with Gasteiger partial charge in [-0.1, -0.05) is 60.2 Å². The van der Waals surface area contributed by atoms with E-state index in [1.807, 2.05) is 17.9 Å². The Bertz CT molecular complexity index is 1230. The Balaban J connectivity index is 1.50. The summed E-state index contributed by atoms with van der Waals surface area (Å²) < 4.78 is 2.15. The first-order chi connectivity index (χ1) is 16.1. The van der Waals surface area contributed by atoms with Crippen LogP contribution in [0.15, 0.2) is 59.6 Å². The van der Waals surface area contributed by atoms with Crippen LogP contribution < -0.4 is 4.90 Å². The van der Waals surface area contributed by atoms with Crippen LogP contribution in [0.3, 0.4) is 0 Å². The molecule has 0 radical (unpaired) electrons. The topological polar surface area (TPSA) is 53.7 Å². The number of hydrogen-bond donors (Lipinski definition) is 0. The highest BCUT2D eigenvalue weighted by Crippen LogP contribution is 2.41. The van der Waals surface area contributed by atoms with E-state index in [9.17, 15) is 4.79 Å². The molecule has 2 aliphatic heterocycles. The van der Waals surface area contributed by atoms with Gasteiger partial charge in [0.1, 0.15) is 5.82 Å². The highest BCUT2D eigenvalue weighted by molar-refractivity contribution is 6.18. The molecule has 0 spiro atoms. The number of rotatable bonds is 5. The molecule has 0 saturated heterocycles. The van der Waals surface area contributed by atoms with Gasteiger partial charge < -0.3 is 4.57 Å². The number of aromatic nitrogens is 2. The van der Waals surface area contributed by atoms with Crippen molar-refractivity contribution in [3.8, 4) is 0 Å². The second-order valence-corrected chi connectivity index (χ2v) is 9.35. The molecule has 33 heavy (non-hydrogen) atoms. The normalized spacial score (nSPS) is 21.2. The van der Waals surface area contributed by atoms with Crippen LogP contribution in [0.5, 0.6) is 0 Å². The maximum atomic E-state index is 13.8. The van der Waals surface area contributed by atoms with Crippen molar-refractivity contribution >= 4 is 17.7 Å². The number of benzene rings is 2. The quantitative estimate of drug-likeness (QED) is 0.592. The third-order valence-electron chi connectivity index (χ3n) is 7.20. The Labute approximate surface area is 194 Å². The molecule has 3 aliphatic rings. The van der Waals surface area contributed by atoms with E-state index in [4.69, 9.17) is 9.98 Å². The summed E-state index contributed by atoms with van der Waals surface area (Å²) in [6.07, 6.45) is 4.06. The molecule has 2 aromatic carbocycles. The Kier molecular flexibility index (Phi) is 4.82. The van der Waals surface area contributed by atoms with E-state index < -0.39 is 0 Å². The molecule has 1 saturated carbocycles. The second-order valence-electron chi connectivity index (χ2n) is 9.35. The Hall–Kier alpha value is -3.41. The average molecular weight is 440 g/mol. The number of carbonyl (C=O) groups is 1. The van der Waals surface area contributed by atoms with Gasteiger partial charge in [-0.05, 0) is 44.2 Å². The smallest absolute Gasteiger partial charge is 0.281 e. The fraction of sp³-hybridized carbons (Fsp3) is 0.370. The minimum absolute atomic E-state index is 0.0152. The number of hydrogen-bond acceptors (Lipinski definition) is 4. The number of imidazole rings is 1. The van der Waals surface area contributed by atoms with Crippen LogP contribution in [0.1, 0.15) is 59.2 Å². The van der Waals surface area contributed by atoms with Gasteiger partial charge in [-0.2, -0.15) is 0 Å². The third kappa shape index (κ3) is 3.27. The fourth-order valence-corrected chi connectivity index (χ4v) is 5.51. The summed E-state index contributed by atoms with van der Waals surface area (Å²) in [5.41, 5.74) is 4.30. The predicted molar refractivity (Wildman–Crippen MR) is 130 cm³/mol. The van der Waals surface area contributed by atoms with E-state index >= 15 is 0 Å². The van der Waals surface area contributed by atoms with Gasteiger partial charge in [0.2, 0.25) is 5.96 Å². The van der Waals surface area contributed by atoms with Crippen LogP contribution in [-0.4, -0.2) is 44.9 Å². The molecule has 6 rings (SSSR count). The lowest BCUT2D eigenvalue weighted by molar-refractivity contribution is 0.0835. The van der Waals surface area contributed by atoms with Crippen LogP contribution in [-0.2, 0) is 13.0 Å². The molecular formula is C27H29N5O. The van der Waals surface area contributed by atoms with Gasteiger partial charge in [0.15, 0.2) is 11.5 Å². The van der Waals surface area contributed by atoms with E-state index in [1.54, 1.807) is 0 Å². The molecule has 2 atom stereocenters. The van der Waals surface area contributed by atoms with E-state index in [0.29, 0.717) is 31.2 Å². The summed E-state index contributed by atoms with van der Waals surface area (Å²) in [7, 11) is 0. The second kappa shape index (κ2) is 7.87. The molecule has 6 heteroatoms. The summed E-state index contributed by atoms with van der Waals surface area (Å²) >= 11 is 0. The number of amides is 1. The minimum Gasteiger partial charge on any atom is -0.317 e. The van der Waals surface area contributed by atoms with Gasteiger partial charge in [-0.25, -0.2) is 9.98 Å². The Morgan fingerprint density at radius 3 is 2.55 bits per heavy atom. The molecule has 3 heterocycles. The summed E-state index contributed by atoms with van der Waals surface area (Å²) in [5.74, 6) is 2.55. The van der Waals surface area contributed by atoms with Crippen LogP contribution in [0.2, 0.25) is 0 Å². The number of nitrogens with zero attached hydrogens (tertiary/aromatic N) is 5. The molecule has 0 unspecified atom stereocenters. The van der Waals surface area contributed by atoms with E-state index in [1.165, 1.54) is 23.1 Å². The van der Waals surface area contributed by atoms with Crippen molar-refractivity contribution in [2.75, 3.05) is 11.4 Å². The summed E-state index contributed by atoms with van der Waals surface area (Å²) in [6.45, 7) is 5.36. The van der Waals surface area contributed by atoms with Crippen molar-refractivity contribution in [1.82, 2.24) is 14.5 Å². The fourth-order valence-electron chi connectivity index (χ4n) is 5.51. The lowest BCUT2D eigenvalue weighted by atomic mass is 10.1. The van der Waals surface area contributed by atoms with Crippen molar-refractivity contribution in [2.45, 2.75) is 58.2 Å². The van der Waals surface area contributed by atoms with Gasteiger partial charge in [0.05, 0.1) is 12.1 Å². The monoisotopic (exact) mass is 439 g/mol. The van der Waals surface area contributed by atoms with E-state index in [0.717, 1.165) is 30.4 Å². The van der Waals surface area contributed by atoms with Gasteiger partial charge >= 0.3 is 0 Å². The molecule has 1 aliphatic carbocycles. The van der Waals surface area contributed by atoms with Gasteiger partial charge in [0.25, 0.3) is 5.91 Å². The SMILES string of the molecule is CCN1C(=O)c2c(nc(Cc3ccccc3)n2Cc2ccc(C)cc2)N2C1=N[C@@H]1CCC[C@@H]12. The summed E-state index contributed by atoms with van der Waals surface area (Å²) in [6, 6.07) is 19.5. The minimum atomic E-state index is 0.0152. The van der Waals surface area contributed by atoms with Crippen molar-refractivity contribution in [2.24, 2.45) is 4.99 Å². The first-order valence-corrected chi connectivity index (χ1v) is 12.0. The molecule has 1 fully saturated rings. The average Bonchev–Trinajstić information content (AvgIpc) is 3.50. The highest BCUT2D eigenvalue weighted by atomic mass is 16.2. The maximum absolute atomic E-state index is 13.8. The highest BCUT2D eigenvalue weighted by Gasteiger charge is 2.49. The molecule has 1 amide bonds. The standard InChI is InChI=1S/C27H29N5O/c1-3-30-26(33)24-25(32-22-11-7-10-21(22)28-27(30)32)29-23(16-19-8-5-4-6-9-19)31(24)17-20-14-12-18(2)13-15-20/h4-6,8-9,12-15,21-22H,3,7,10-11,16-17H2,1-2H3/t21-,22+/m1/s1. The first-order valence-electron chi connectivity index (χ1n) is 12.0. The Morgan fingerprint density at radius 1 is 1.00 bits per heavy atom. The molecule has 1 aromatic heterocycles. The van der Waals surface area contributed by atoms with Crippen molar-refractivity contribution in [3.63, 3.8) is 0 Å². The lowest BCUT2D eigenvalue weighted by Gasteiger charge is -2.35.